The number of ether oxygens (including phenoxy) is 3. The summed E-state index contributed by atoms with van der Waals surface area (Å²) < 4.78 is 16.8. The van der Waals surface area contributed by atoms with Crippen LogP contribution in [0.3, 0.4) is 0 Å². The summed E-state index contributed by atoms with van der Waals surface area (Å²) >= 11 is 3.25. The summed E-state index contributed by atoms with van der Waals surface area (Å²) in [6.45, 7) is 0. The van der Waals surface area contributed by atoms with E-state index in [0.29, 0.717) is 21.3 Å². The van der Waals surface area contributed by atoms with Gasteiger partial charge >= 0.3 is 11.9 Å². The van der Waals surface area contributed by atoms with Gasteiger partial charge in [0.2, 0.25) is 0 Å². The average Bonchev–Trinajstić information content (AvgIpc) is 3.10. The zero-order valence-electron chi connectivity index (χ0n) is 14.6. The Labute approximate surface area is 163 Å². The van der Waals surface area contributed by atoms with Crippen LogP contribution in [-0.4, -0.2) is 31.2 Å². The Morgan fingerprint density at radius 1 is 1.26 bits per heavy atom. The number of nitro benzene ring substituents is 1. The van der Waals surface area contributed by atoms with Crippen molar-refractivity contribution in [3.05, 3.63) is 68.2 Å². The van der Waals surface area contributed by atoms with E-state index in [1.165, 1.54) is 20.3 Å². The molecule has 2 aromatic rings. The molecular weight excluding hydrogens is 420 g/mol. The fourth-order valence-corrected chi connectivity index (χ4v) is 3.51. The molecule has 0 aliphatic carbocycles. The molecule has 2 aromatic carbocycles. The molecule has 8 nitrogen and oxygen atoms in total. The summed E-state index contributed by atoms with van der Waals surface area (Å²) in [5.74, 6) is -2.36. The highest BCUT2D eigenvalue weighted by molar-refractivity contribution is 9.10. The molecule has 1 aliphatic heterocycles. The van der Waals surface area contributed by atoms with E-state index in [9.17, 15) is 14.9 Å². The normalized spacial score (nSPS) is 15.7. The lowest BCUT2D eigenvalue weighted by atomic mass is 10.1. The lowest BCUT2D eigenvalue weighted by Crippen LogP contribution is -2.41. The van der Waals surface area contributed by atoms with Gasteiger partial charge in [-0.15, -0.1) is 0 Å². The third kappa shape index (κ3) is 3.66. The average molecular weight is 437 g/mol. The molecule has 3 rings (SSSR count). The van der Waals surface area contributed by atoms with E-state index in [4.69, 9.17) is 14.2 Å². The summed E-state index contributed by atoms with van der Waals surface area (Å²) in [6, 6.07) is 11.1. The molecule has 0 fully saturated rings. The highest BCUT2D eigenvalue weighted by Crippen LogP contribution is 2.38. The van der Waals surface area contributed by atoms with Gasteiger partial charge in [-0.3, -0.25) is 10.1 Å². The number of hydrogen-bond acceptors (Lipinski definition) is 7. The number of nitro groups is 1. The van der Waals surface area contributed by atoms with Gasteiger partial charge in [0.05, 0.1) is 10.5 Å². The van der Waals surface area contributed by atoms with E-state index >= 15 is 0 Å². The molecular formula is C18H17BrN2O6. The number of fused-ring (bicyclic) bond motifs is 1. The fraction of sp³-hybridized carbons (Fsp3) is 0.278. The van der Waals surface area contributed by atoms with Gasteiger partial charge < -0.3 is 19.5 Å². The molecule has 27 heavy (non-hydrogen) atoms. The Bertz CT molecular complexity index is 870. The minimum atomic E-state index is -1.71. The highest BCUT2D eigenvalue weighted by atomic mass is 79.9. The van der Waals surface area contributed by atoms with Gasteiger partial charge in [-0.1, -0.05) is 34.1 Å². The minimum absolute atomic E-state index is 0.109. The second-order valence-corrected chi connectivity index (χ2v) is 6.78. The van der Waals surface area contributed by atoms with Crippen LogP contribution in [-0.2, 0) is 31.4 Å². The van der Waals surface area contributed by atoms with E-state index in [0.717, 1.165) is 0 Å². The summed E-state index contributed by atoms with van der Waals surface area (Å²) in [4.78, 5) is 23.5. The Morgan fingerprint density at radius 2 is 1.93 bits per heavy atom. The van der Waals surface area contributed by atoms with Crippen molar-refractivity contribution in [1.29, 1.82) is 0 Å². The monoisotopic (exact) mass is 436 g/mol. The number of carbonyl (C=O) groups is 1. The van der Waals surface area contributed by atoms with Crippen LogP contribution in [0, 0.1) is 10.1 Å². The number of nitrogens with one attached hydrogen (secondary N) is 1. The number of esters is 1. The smallest absolute Gasteiger partial charge is 0.358 e. The molecule has 1 unspecified atom stereocenters. The van der Waals surface area contributed by atoms with Crippen LogP contribution in [0.25, 0.3) is 0 Å². The van der Waals surface area contributed by atoms with Crippen LogP contribution in [0.1, 0.15) is 11.1 Å². The molecule has 9 heteroatoms. The lowest BCUT2D eigenvalue weighted by molar-refractivity contribution is -0.384. The van der Waals surface area contributed by atoms with Gasteiger partial charge in [-0.2, -0.15) is 0 Å². The molecule has 0 radical (unpaired) electrons. The molecule has 0 aromatic heterocycles. The van der Waals surface area contributed by atoms with Crippen LogP contribution in [0.2, 0.25) is 0 Å². The molecule has 1 aliphatic rings. The second-order valence-electron chi connectivity index (χ2n) is 5.87. The standard InChI is InChI=1S/C18H17BrN2O6/c1-25-18(26-2,12-6-4-3-5-7-12)27-17(22)14-9-11-8-13(19)10-15(21(23)24)16(11)20-14/h3-8,10,14,20H,9H2,1-2H3. The topological polar surface area (TPSA) is 99.9 Å². The molecule has 0 saturated carbocycles. The van der Waals surface area contributed by atoms with Crippen molar-refractivity contribution in [3.8, 4) is 0 Å². The number of anilines is 1. The lowest BCUT2D eigenvalue weighted by Gasteiger charge is -2.31. The summed E-state index contributed by atoms with van der Waals surface area (Å²) in [5, 5.41) is 14.2. The third-order valence-electron chi connectivity index (χ3n) is 4.29. The van der Waals surface area contributed by atoms with Crippen molar-refractivity contribution in [2.75, 3.05) is 19.5 Å². The number of benzene rings is 2. The fourth-order valence-electron chi connectivity index (χ4n) is 3.01. The quantitative estimate of drug-likeness (QED) is 0.320. The number of rotatable bonds is 6. The van der Waals surface area contributed by atoms with E-state index in [2.05, 4.69) is 21.2 Å². The minimum Gasteiger partial charge on any atom is -0.402 e. The largest absolute Gasteiger partial charge is 0.402 e. The number of nitrogens with zero attached hydrogens (tertiary/aromatic N) is 1. The number of hydrogen-bond donors (Lipinski definition) is 1. The van der Waals surface area contributed by atoms with Gasteiger partial charge in [-0.25, -0.2) is 4.79 Å². The van der Waals surface area contributed by atoms with Gasteiger partial charge in [0.25, 0.3) is 5.69 Å². The molecule has 1 atom stereocenters. The Hall–Kier alpha value is -2.49. The first-order chi connectivity index (χ1) is 12.9. The van der Waals surface area contributed by atoms with Gasteiger partial charge in [0.1, 0.15) is 11.7 Å². The first kappa shape index (κ1) is 19.3. The van der Waals surface area contributed by atoms with Gasteiger partial charge in [-0.05, 0) is 23.8 Å². The first-order valence-electron chi connectivity index (χ1n) is 8.02. The molecule has 142 valence electrons. The Balaban J connectivity index is 1.85. The maximum absolute atomic E-state index is 12.8. The maximum Gasteiger partial charge on any atom is 0.358 e. The van der Waals surface area contributed by atoms with E-state index in [1.54, 1.807) is 30.3 Å². The SMILES string of the molecule is COC(OC)(OC(=O)C1Cc2cc(Br)cc([N+](=O)[O-])c2N1)c1ccccc1. The van der Waals surface area contributed by atoms with E-state index < -0.39 is 22.9 Å². The summed E-state index contributed by atoms with van der Waals surface area (Å²) in [5.41, 5.74) is 1.36. The van der Waals surface area contributed by atoms with Crippen LogP contribution in [0.4, 0.5) is 11.4 Å². The predicted octanol–water partition coefficient (Wildman–Crippen LogP) is 3.34. The number of methoxy groups -OCH3 is 2. The molecule has 0 bridgehead atoms. The van der Waals surface area contributed by atoms with Crippen LogP contribution in [0.15, 0.2) is 46.9 Å². The first-order valence-corrected chi connectivity index (χ1v) is 8.81. The van der Waals surface area contributed by atoms with Crippen molar-refractivity contribution in [3.63, 3.8) is 0 Å². The van der Waals surface area contributed by atoms with Crippen molar-refractivity contribution >= 4 is 33.3 Å². The predicted molar refractivity (Wildman–Crippen MR) is 100 cm³/mol. The van der Waals surface area contributed by atoms with Gasteiger partial charge in [0.15, 0.2) is 0 Å². The van der Waals surface area contributed by atoms with Crippen LogP contribution in [0.5, 0.6) is 0 Å². The second kappa shape index (κ2) is 7.63. The zero-order valence-corrected chi connectivity index (χ0v) is 16.2. The Morgan fingerprint density at radius 3 is 2.52 bits per heavy atom. The number of carbonyl (C=O) groups excluding carboxylic acids is 1. The van der Waals surface area contributed by atoms with Crippen molar-refractivity contribution in [1.82, 2.24) is 0 Å². The van der Waals surface area contributed by atoms with E-state index in [-0.39, 0.29) is 12.1 Å². The molecule has 1 N–H and O–H groups in total. The van der Waals surface area contributed by atoms with Crippen molar-refractivity contribution < 1.29 is 23.9 Å². The molecule has 0 spiro atoms. The maximum atomic E-state index is 12.8. The number of halogens is 1. The summed E-state index contributed by atoms with van der Waals surface area (Å²) in [7, 11) is 2.73. The van der Waals surface area contributed by atoms with Gasteiger partial charge in [0, 0.05) is 31.2 Å². The zero-order chi connectivity index (χ0) is 19.6. The van der Waals surface area contributed by atoms with E-state index in [1.807, 2.05) is 6.07 Å². The Kier molecular flexibility index (Phi) is 5.45. The van der Waals surface area contributed by atoms with Crippen molar-refractivity contribution in [2.24, 2.45) is 0 Å². The molecule has 0 amide bonds. The molecule has 0 saturated heterocycles. The summed E-state index contributed by atoms with van der Waals surface area (Å²) in [6.07, 6.45) is 0.243. The third-order valence-corrected chi connectivity index (χ3v) is 4.75. The van der Waals surface area contributed by atoms with Crippen molar-refractivity contribution in [2.45, 2.75) is 18.4 Å². The van der Waals surface area contributed by atoms with Crippen LogP contribution < -0.4 is 5.32 Å². The van der Waals surface area contributed by atoms with Crippen LogP contribution >= 0.6 is 15.9 Å². The molecule has 1 heterocycles. The highest BCUT2D eigenvalue weighted by Gasteiger charge is 2.41.